The molecule has 0 spiro atoms. The SMILES string of the molecule is COc1cc(O)cc(C(Nc2ccc(C(=N)N)cc2)c2nn(-c3ncccn3)c(=O)[nH]2)c1. The number of aromatic amines is 1. The Hall–Kier alpha value is -4.67. The Morgan fingerprint density at radius 2 is 1.94 bits per heavy atom. The van der Waals surface area contributed by atoms with Gasteiger partial charge in [0.25, 0.3) is 5.95 Å². The smallest absolute Gasteiger partial charge is 0.350 e. The van der Waals surface area contributed by atoms with Gasteiger partial charge >= 0.3 is 5.69 Å². The lowest BCUT2D eigenvalue weighted by molar-refractivity contribution is 0.406. The van der Waals surface area contributed by atoms with Gasteiger partial charge in [-0.05, 0) is 48.0 Å². The van der Waals surface area contributed by atoms with E-state index < -0.39 is 11.7 Å². The summed E-state index contributed by atoms with van der Waals surface area (Å²) in [5, 5.41) is 25.4. The van der Waals surface area contributed by atoms with Crippen molar-refractivity contribution >= 4 is 11.5 Å². The van der Waals surface area contributed by atoms with Gasteiger partial charge in [-0.3, -0.25) is 10.4 Å². The second-order valence-electron chi connectivity index (χ2n) is 6.81. The number of nitrogens with two attached hydrogens (primary N) is 1. The lowest BCUT2D eigenvalue weighted by atomic mass is 10.0. The molecule has 32 heavy (non-hydrogen) atoms. The molecule has 162 valence electrons. The predicted octanol–water partition coefficient (Wildman–Crippen LogP) is 1.55. The Labute approximate surface area is 182 Å². The molecule has 2 aromatic heterocycles. The van der Waals surface area contributed by atoms with E-state index in [9.17, 15) is 9.90 Å². The van der Waals surface area contributed by atoms with Gasteiger partial charge in [0.1, 0.15) is 23.4 Å². The van der Waals surface area contributed by atoms with Crippen LogP contribution in [-0.2, 0) is 0 Å². The van der Waals surface area contributed by atoms with Crippen molar-refractivity contribution in [2.24, 2.45) is 5.73 Å². The summed E-state index contributed by atoms with van der Waals surface area (Å²) in [6.07, 6.45) is 3.02. The van der Waals surface area contributed by atoms with Crippen LogP contribution in [0.2, 0.25) is 0 Å². The number of amidine groups is 1. The average molecular weight is 432 g/mol. The molecule has 0 fully saturated rings. The molecule has 0 saturated carbocycles. The summed E-state index contributed by atoms with van der Waals surface area (Å²) in [6, 6.07) is 12.6. The van der Waals surface area contributed by atoms with Crippen LogP contribution in [0, 0.1) is 5.41 Å². The molecule has 11 nitrogen and oxygen atoms in total. The van der Waals surface area contributed by atoms with E-state index in [1.54, 1.807) is 42.5 Å². The minimum atomic E-state index is -0.670. The lowest BCUT2D eigenvalue weighted by Crippen LogP contribution is -2.18. The van der Waals surface area contributed by atoms with Crippen LogP contribution in [0.3, 0.4) is 0 Å². The van der Waals surface area contributed by atoms with E-state index in [2.05, 4.69) is 25.4 Å². The van der Waals surface area contributed by atoms with E-state index in [1.807, 2.05) is 0 Å². The molecule has 4 rings (SSSR count). The van der Waals surface area contributed by atoms with Crippen molar-refractivity contribution in [3.63, 3.8) is 0 Å². The Morgan fingerprint density at radius 3 is 2.59 bits per heavy atom. The summed E-state index contributed by atoms with van der Waals surface area (Å²) in [5.74, 6) is 0.777. The van der Waals surface area contributed by atoms with Gasteiger partial charge in [-0.25, -0.2) is 14.8 Å². The van der Waals surface area contributed by atoms with E-state index in [4.69, 9.17) is 15.9 Å². The molecular weight excluding hydrogens is 412 g/mol. The summed E-state index contributed by atoms with van der Waals surface area (Å²) in [6.45, 7) is 0. The van der Waals surface area contributed by atoms with Gasteiger partial charge in [-0.15, -0.1) is 9.78 Å². The molecule has 0 aliphatic carbocycles. The molecule has 0 bridgehead atoms. The van der Waals surface area contributed by atoms with Crippen molar-refractivity contribution in [2.45, 2.75) is 6.04 Å². The number of phenols is 1. The van der Waals surface area contributed by atoms with Crippen LogP contribution in [-0.4, -0.2) is 42.8 Å². The maximum atomic E-state index is 12.6. The number of benzene rings is 2. The fourth-order valence-corrected chi connectivity index (χ4v) is 3.12. The zero-order valence-corrected chi connectivity index (χ0v) is 17.0. The monoisotopic (exact) mass is 432 g/mol. The van der Waals surface area contributed by atoms with Crippen LogP contribution in [0.15, 0.2) is 65.7 Å². The highest BCUT2D eigenvalue weighted by Crippen LogP contribution is 2.30. The molecule has 0 aliphatic heterocycles. The second-order valence-corrected chi connectivity index (χ2v) is 6.81. The van der Waals surface area contributed by atoms with Crippen LogP contribution in [0.1, 0.15) is 23.0 Å². The molecule has 0 amide bonds. The van der Waals surface area contributed by atoms with Crippen molar-refractivity contribution in [1.29, 1.82) is 5.41 Å². The van der Waals surface area contributed by atoms with Crippen LogP contribution in [0.4, 0.5) is 5.69 Å². The minimum absolute atomic E-state index is 0.00810. The summed E-state index contributed by atoms with van der Waals surface area (Å²) in [5.41, 5.74) is 6.85. The molecule has 0 radical (unpaired) electrons. The fourth-order valence-electron chi connectivity index (χ4n) is 3.12. The number of aromatic hydroxyl groups is 1. The normalized spacial score (nSPS) is 11.7. The number of rotatable bonds is 7. The Balaban J connectivity index is 1.78. The van der Waals surface area contributed by atoms with Gasteiger partial charge in [0.05, 0.1) is 7.11 Å². The highest BCUT2D eigenvalue weighted by molar-refractivity contribution is 5.95. The summed E-state index contributed by atoms with van der Waals surface area (Å²) in [4.78, 5) is 23.4. The van der Waals surface area contributed by atoms with Gasteiger partial charge in [0.2, 0.25) is 0 Å². The third kappa shape index (κ3) is 4.26. The first-order valence-corrected chi connectivity index (χ1v) is 9.50. The molecule has 2 aromatic carbocycles. The van der Waals surface area contributed by atoms with Crippen LogP contribution < -0.4 is 21.5 Å². The third-order valence-electron chi connectivity index (χ3n) is 4.64. The number of nitrogen functional groups attached to an aromatic ring is 1. The molecule has 2 heterocycles. The van der Waals surface area contributed by atoms with E-state index in [-0.39, 0.29) is 23.4 Å². The molecule has 1 unspecified atom stereocenters. The Kier molecular flexibility index (Phi) is 5.53. The van der Waals surface area contributed by atoms with E-state index in [1.165, 1.54) is 25.6 Å². The molecule has 6 N–H and O–H groups in total. The average Bonchev–Trinajstić information content (AvgIpc) is 3.19. The predicted molar refractivity (Wildman–Crippen MR) is 117 cm³/mol. The van der Waals surface area contributed by atoms with Gasteiger partial charge in [-0.1, -0.05) is 0 Å². The van der Waals surface area contributed by atoms with Crippen molar-refractivity contribution < 1.29 is 9.84 Å². The number of aromatic nitrogens is 5. The molecule has 1 atom stereocenters. The first kappa shape index (κ1) is 20.6. The molecule has 11 heteroatoms. The number of methoxy groups -OCH3 is 1. The van der Waals surface area contributed by atoms with Gasteiger partial charge in [0, 0.05) is 29.7 Å². The van der Waals surface area contributed by atoms with E-state index in [0.717, 1.165) is 4.68 Å². The highest BCUT2D eigenvalue weighted by atomic mass is 16.5. The highest BCUT2D eigenvalue weighted by Gasteiger charge is 2.22. The lowest BCUT2D eigenvalue weighted by Gasteiger charge is -2.19. The molecule has 0 saturated heterocycles. The third-order valence-corrected chi connectivity index (χ3v) is 4.64. The standard InChI is InChI=1S/C21H20N8O3/c1-32-16-10-13(9-15(30)11-16)17(26-14-5-3-12(4-6-14)18(22)23)19-27-21(31)29(28-19)20-24-7-2-8-25-20/h2-11,17,26,30H,1H3,(H3,22,23)(H,27,28,31). The quantitative estimate of drug-likeness (QED) is 0.216. The van der Waals surface area contributed by atoms with Gasteiger partial charge < -0.3 is 20.9 Å². The number of nitrogens with one attached hydrogen (secondary N) is 3. The Bertz CT molecular complexity index is 1300. The van der Waals surface area contributed by atoms with Crippen molar-refractivity contribution in [3.05, 3.63) is 88.4 Å². The number of anilines is 1. The van der Waals surface area contributed by atoms with Crippen LogP contribution in [0.25, 0.3) is 5.95 Å². The molecular formula is C21H20N8O3. The fraction of sp³-hybridized carbons (Fsp3) is 0.0952. The largest absolute Gasteiger partial charge is 0.508 e. The number of hydrogen-bond acceptors (Lipinski definition) is 8. The number of ether oxygens (including phenoxy) is 1. The molecule has 0 aliphatic rings. The maximum Gasteiger partial charge on any atom is 0.350 e. The van der Waals surface area contributed by atoms with E-state index >= 15 is 0 Å². The zero-order chi connectivity index (χ0) is 22.7. The molecule has 4 aromatic rings. The van der Waals surface area contributed by atoms with Gasteiger partial charge in [-0.2, -0.15) is 0 Å². The second kappa shape index (κ2) is 8.60. The topological polar surface area (TPSA) is 168 Å². The van der Waals surface area contributed by atoms with Gasteiger partial charge in [0.15, 0.2) is 5.82 Å². The van der Waals surface area contributed by atoms with Crippen LogP contribution in [0.5, 0.6) is 11.5 Å². The van der Waals surface area contributed by atoms with Crippen molar-refractivity contribution in [2.75, 3.05) is 12.4 Å². The first-order chi connectivity index (χ1) is 15.4. The first-order valence-electron chi connectivity index (χ1n) is 9.50. The summed E-state index contributed by atoms with van der Waals surface area (Å²) in [7, 11) is 1.49. The van der Waals surface area contributed by atoms with Crippen molar-refractivity contribution in [3.8, 4) is 17.4 Å². The maximum absolute atomic E-state index is 12.6. The minimum Gasteiger partial charge on any atom is -0.508 e. The number of nitrogens with zero attached hydrogens (tertiary/aromatic N) is 4. The summed E-state index contributed by atoms with van der Waals surface area (Å²) >= 11 is 0. The van der Waals surface area contributed by atoms with Crippen LogP contribution >= 0.6 is 0 Å². The van der Waals surface area contributed by atoms with E-state index in [0.29, 0.717) is 22.6 Å². The summed E-state index contributed by atoms with van der Waals surface area (Å²) < 4.78 is 6.33. The zero-order valence-electron chi connectivity index (χ0n) is 17.0. The Morgan fingerprint density at radius 1 is 1.22 bits per heavy atom. The number of hydrogen-bond donors (Lipinski definition) is 5. The number of H-pyrrole nitrogens is 1. The van der Waals surface area contributed by atoms with Crippen molar-refractivity contribution in [1.82, 2.24) is 24.7 Å². The number of phenolic OH excluding ortho intramolecular Hbond substituents is 1.